The summed E-state index contributed by atoms with van der Waals surface area (Å²) < 4.78 is 24.6. The number of amides is 1. The van der Waals surface area contributed by atoms with Gasteiger partial charge in [0.25, 0.3) is 0 Å². The third kappa shape index (κ3) is 4.47. The fraction of sp³-hybridized carbons (Fsp3) is 0.391. The Morgan fingerprint density at radius 2 is 1.80 bits per heavy atom. The molecule has 4 rings (SSSR count). The maximum Gasteiger partial charge on any atom is 0.248 e. The second kappa shape index (κ2) is 8.55. The molecule has 2 atom stereocenters. The Morgan fingerprint density at radius 3 is 2.53 bits per heavy atom. The van der Waals surface area contributed by atoms with Crippen LogP contribution in [0.2, 0.25) is 0 Å². The standard InChI is InChI=1S/C23H26N2O3S2/c1-16(2)18-10-6-7-11-19(18)25-20-14-30(27,28)15-21(20)29-23(25)24-22(26)13-12-17-8-4-3-5-9-17/h3-11,16,20-21H,12-15H2,1-2H3/t20-,21+/m0/s1. The first-order valence-corrected chi connectivity index (χ1v) is 12.9. The van der Waals surface area contributed by atoms with Crippen molar-refractivity contribution in [2.75, 3.05) is 16.4 Å². The lowest BCUT2D eigenvalue weighted by Gasteiger charge is -2.28. The zero-order valence-electron chi connectivity index (χ0n) is 17.2. The van der Waals surface area contributed by atoms with Crippen molar-refractivity contribution >= 4 is 38.4 Å². The molecule has 158 valence electrons. The van der Waals surface area contributed by atoms with E-state index >= 15 is 0 Å². The first-order valence-electron chi connectivity index (χ1n) is 10.2. The molecule has 2 aliphatic rings. The lowest BCUT2D eigenvalue weighted by Crippen LogP contribution is -2.38. The van der Waals surface area contributed by atoms with Crippen molar-refractivity contribution in [1.29, 1.82) is 0 Å². The van der Waals surface area contributed by atoms with Crippen LogP contribution < -0.4 is 4.90 Å². The molecule has 2 aromatic carbocycles. The van der Waals surface area contributed by atoms with E-state index in [1.807, 2.05) is 53.4 Å². The summed E-state index contributed by atoms with van der Waals surface area (Å²) in [6.07, 6.45) is 0.978. The molecule has 0 radical (unpaired) electrons. The minimum Gasteiger partial charge on any atom is -0.315 e. The third-order valence-electron chi connectivity index (χ3n) is 5.58. The van der Waals surface area contributed by atoms with Crippen molar-refractivity contribution in [2.45, 2.75) is 43.9 Å². The first-order chi connectivity index (χ1) is 14.3. The van der Waals surface area contributed by atoms with Gasteiger partial charge in [-0.2, -0.15) is 4.99 Å². The molecule has 7 heteroatoms. The number of hydrogen-bond acceptors (Lipinski definition) is 4. The van der Waals surface area contributed by atoms with E-state index in [-0.39, 0.29) is 34.6 Å². The monoisotopic (exact) mass is 442 g/mol. The first kappa shape index (κ1) is 21.1. The van der Waals surface area contributed by atoms with E-state index in [0.717, 1.165) is 16.8 Å². The molecule has 2 fully saturated rings. The molecule has 0 aromatic heterocycles. The number of benzene rings is 2. The summed E-state index contributed by atoms with van der Waals surface area (Å²) in [5, 5.41) is 0.543. The number of thioether (sulfide) groups is 1. The average molecular weight is 443 g/mol. The van der Waals surface area contributed by atoms with Crippen LogP contribution in [0.3, 0.4) is 0 Å². The summed E-state index contributed by atoms with van der Waals surface area (Å²) in [6.45, 7) is 4.24. The van der Waals surface area contributed by atoms with Crippen LogP contribution >= 0.6 is 11.8 Å². The second-order valence-corrected chi connectivity index (χ2v) is 11.5. The van der Waals surface area contributed by atoms with E-state index in [0.29, 0.717) is 18.0 Å². The van der Waals surface area contributed by atoms with Crippen LogP contribution in [0.1, 0.15) is 37.3 Å². The molecule has 0 bridgehead atoms. The molecule has 5 nitrogen and oxygen atoms in total. The number of anilines is 1. The third-order valence-corrected chi connectivity index (χ3v) is 8.79. The topological polar surface area (TPSA) is 66.8 Å². The molecule has 2 heterocycles. The van der Waals surface area contributed by atoms with Gasteiger partial charge >= 0.3 is 0 Å². The Balaban J connectivity index is 1.63. The number of para-hydroxylation sites is 1. The Morgan fingerprint density at radius 1 is 1.10 bits per heavy atom. The predicted molar refractivity (Wildman–Crippen MR) is 124 cm³/mol. The molecule has 0 spiro atoms. The Kier molecular flexibility index (Phi) is 6.02. The Hall–Kier alpha value is -2.12. The highest BCUT2D eigenvalue weighted by Gasteiger charge is 2.49. The molecule has 2 aromatic rings. The number of aliphatic imine (C=N–C) groups is 1. The van der Waals surface area contributed by atoms with Gasteiger partial charge in [-0.15, -0.1) is 0 Å². The number of rotatable bonds is 5. The van der Waals surface area contributed by atoms with Crippen molar-refractivity contribution in [3.05, 3.63) is 65.7 Å². The molecule has 0 aliphatic carbocycles. The molecule has 0 unspecified atom stereocenters. The van der Waals surface area contributed by atoms with Gasteiger partial charge in [-0.3, -0.25) is 4.79 Å². The number of amidine groups is 1. The van der Waals surface area contributed by atoms with Crippen molar-refractivity contribution < 1.29 is 13.2 Å². The van der Waals surface area contributed by atoms with Gasteiger partial charge in [-0.05, 0) is 29.5 Å². The molecule has 2 saturated heterocycles. The van der Waals surface area contributed by atoms with Gasteiger partial charge in [-0.25, -0.2) is 8.42 Å². The van der Waals surface area contributed by atoms with Crippen molar-refractivity contribution in [2.24, 2.45) is 4.99 Å². The molecule has 0 saturated carbocycles. The second-order valence-electron chi connectivity index (χ2n) is 8.16. The van der Waals surface area contributed by atoms with Crippen molar-refractivity contribution in [3.8, 4) is 0 Å². The van der Waals surface area contributed by atoms with Gasteiger partial charge in [0, 0.05) is 17.4 Å². The van der Waals surface area contributed by atoms with Crippen LogP contribution in [0.25, 0.3) is 0 Å². The number of hydrogen-bond donors (Lipinski definition) is 0. The van der Waals surface area contributed by atoms with Crippen LogP contribution in [-0.4, -0.2) is 42.3 Å². The number of nitrogens with zero attached hydrogens (tertiary/aromatic N) is 2. The molecule has 1 amide bonds. The minimum atomic E-state index is -3.08. The summed E-state index contributed by atoms with van der Waals surface area (Å²) in [4.78, 5) is 19.1. The van der Waals surface area contributed by atoms with Crippen molar-refractivity contribution in [1.82, 2.24) is 0 Å². The maximum absolute atomic E-state index is 12.7. The van der Waals surface area contributed by atoms with Gasteiger partial charge in [-0.1, -0.05) is 74.1 Å². The zero-order valence-corrected chi connectivity index (χ0v) is 18.8. The maximum atomic E-state index is 12.7. The summed E-state index contributed by atoms with van der Waals surface area (Å²) in [7, 11) is -3.08. The SMILES string of the molecule is CC(C)c1ccccc1N1C(=NC(=O)CCc2ccccc2)S[C@@H]2CS(=O)(=O)C[C@@H]21. The summed E-state index contributed by atoms with van der Waals surface area (Å²) in [5.74, 6) is 0.350. The number of sulfone groups is 1. The normalized spacial score (nSPS) is 23.8. The number of fused-ring (bicyclic) bond motifs is 1. The van der Waals surface area contributed by atoms with E-state index < -0.39 is 9.84 Å². The zero-order chi connectivity index (χ0) is 21.3. The Bertz CT molecular complexity index is 1060. The minimum absolute atomic E-state index is 0.0871. The number of carbonyl (C=O) groups excluding carboxylic acids is 1. The van der Waals surface area contributed by atoms with Crippen LogP contribution in [0.5, 0.6) is 0 Å². The van der Waals surface area contributed by atoms with Crippen LogP contribution in [0, 0.1) is 0 Å². The van der Waals surface area contributed by atoms with Gasteiger partial charge in [0.05, 0.1) is 17.5 Å². The van der Waals surface area contributed by atoms with Crippen molar-refractivity contribution in [3.63, 3.8) is 0 Å². The van der Waals surface area contributed by atoms with Crippen LogP contribution in [-0.2, 0) is 21.1 Å². The molecule has 0 N–H and O–H groups in total. The number of aryl methyl sites for hydroxylation is 1. The summed E-state index contributed by atoms with van der Waals surface area (Å²) in [5.41, 5.74) is 3.20. The highest BCUT2D eigenvalue weighted by atomic mass is 32.2. The highest BCUT2D eigenvalue weighted by Crippen LogP contribution is 2.43. The molecule has 30 heavy (non-hydrogen) atoms. The van der Waals surface area contributed by atoms with Crippen LogP contribution in [0.15, 0.2) is 59.6 Å². The lowest BCUT2D eigenvalue weighted by atomic mass is 9.99. The Labute approximate surface area is 182 Å². The number of carbonyl (C=O) groups is 1. The van der Waals surface area contributed by atoms with E-state index in [2.05, 4.69) is 24.9 Å². The smallest absolute Gasteiger partial charge is 0.248 e. The van der Waals surface area contributed by atoms with E-state index in [1.165, 1.54) is 11.8 Å². The summed E-state index contributed by atoms with van der Waals surface area (Å²) in [6, 6.07) is 17.7. The predicted octanol–water partition coefficient (Wildman–Crippen LogP) is 4.04. The molecular weight excluding hydrogens is 416 g/mol. The van der Waals surface area contributed by atoms with Gasteiger partial charge < -0.3 is 4.90 Å². The average Bonchev–Trinajstić information content (AvgIpc) is 3.17. The van der Waals surface area contributed by atoms with Gasteiger partial charge in [0.1, 0.15) is 0 Å². The quantitative estimate of drug-likeness (QED) is 0.699. The lowest BCUT2D eigenvalue weighted by molar-refractivity contribution is -0.117. The largest absolute Gasteiger partial charge is 0.315 e. The van der Waals surface area contributed by atoms with E-state index in [1.54, 1.807) is 0 Å². The van der Waals surface area contributed by atoms with Gasteiger partial charge in [0.2, 0.25) is 5.91 Å². The highest BCUT2D eigenvalue weighted by molar-refractivity contribution is 8.16. The van der Waals surface area contributed by atoms with Gasteiger partial charge in [0.15, 0.2) is 15.0 Å². The molecular formula is C23H26N2O3S2. The summed E-state index contributed by atoms with van der Waals surface area (Å²) >= 11 is 1.43. The molecule has 2 aliphatic heterocycles. The fourth-order valence-corrected chi connectivity index (χ4v) is 8.02. The van der Waals surface area contributed by atoms with E-state index in [9.17, 15) is 13.2 Å². The van der Waals surface area contributed by atoms with Crippen LogP contribution in [0.4, 0.5) is 5.69 Å². The fourth-order valence-electron chi connectivity index (χ4n) is 4.10. The van der Waals surface area contributed by atoms with E-state index in [4.69, 9.17) is 0 Å².